The lowest BCUT2D eigenvalue weighted by atomic mass is 10.0. The molecule has 1 aromatic rings. The van der Waals surface area contributed by atoms with E-state index in [1.165, 1.54) is 12.1 Å². The van der Waals surface area contributed by atoms with E-state index in [1.54, 1.807) is 6.07 Å². The number of benzene rings is 1. The molecule has 0 saturated carbocycles. The minimum Gasteiger partial charge on any atom is -0.396 e. The largest absolute Gasteiger partial charge is 0.396 e. The molecular formula is C11H15FO2. The Labute approximate surface area is 83.0 Å². The molecule has 0 amide bonds. The molecule has 0 saturated heterocycles. The zero-order chi connectivity index (χ0) is 10.4. The first-order chi connectivity index (χ1) is 6.77. The molecule has 0 spiro atoms. The number of rotatable bonds is 5. The van der Waals surface area contributed by atoms with Crippen molar-refractivity contribution in [3.05, 3.63) is 35.1 Å². The molecule has 0 fully saturated rings. The maximum absolute atomic E-state index is 12.9. The summed E-state index contributed by atoms with van der Waals surface area (Å²) in [5, 5.41) is 17.5. The van der Waals surface area contributed by atoms with Crippen LogP contribution in [-0.2, 0) is 12.8 Å². The van der Waals surface area contributed by atoms with Crippen LogP contribution in [0, 0.1) is 5.82 Å². The highest BCUT2D eigenvalue weighted by Crippen LogP contribution is 2.13. The highest BCUT2D eigenvalue weighted by molar-refractivity contribution is 5.28. The van der Waals surface area contributed by atoms with Crippen molar-refractivity contribution in [2.45, 2.75) is 19.3 Å². The Bertz CT molecular complexity index is 287. The van der Waals surface area contributed by atoms with Crippen molar-refractivity contribution >= 4 is 0 Å². The van der Waals surface area contributed by atoms with Crippen LogP contribution in [0.2, 0.25) is 0 Å². The molecule has 2 nitrogen and oxygen atoms in total. The number of hydrogen-bond acceptors (Lipinski definition) is 2. The first-order valence-electron chi connectivity index (χ1n) is 4.77. The second-order valence-electron chi connectivity index (χ2n) is 3.21. The first-order valence-corrected chi connectivity index (χ1v) is 4.77. The van der Waals surface area contributed by atoms with Gasteiger partial charge in [0, 0.05) is 13.2 Å². The summed E-state index contributed by atoms with van der Waals surface area (Å²) in [5.41, 5.74) is 1.84. The fraction of sp³-hybridized carbons (Fsp3) is 0.455. The van der Waals surface area contributed by atoms with E-state index >= 15 is 0 Å². The van der Waals surface area contributed by atoms with E-state index in [4.69, 9.17) is 10.2 Å². The van der Waals surface area contributed by atoms with Gasteiger partial charge in [-0.2, -0.15) is 0 Å². The van der Waals surface area contributed by atoms with E-state index in [2.05, 4.69) is 0 Å². The molecule has 0 radical (unpaired) electrons. The zero-order valence-corrected chi connectivity index (χ0v) is 8.04. The third kappa shape index (κ3) is 3.09. The van der Waals surface area contributed by atoms with E-state index in [0.717, 1.165) is 17.5 Å². The normalized spacial score (nSPS) is 10.5. The number of halogens is 1. The molecule has 2 N–H and O–H groups in total. The van der Waals surface area contributed by atoms with E-state index in [-0.39, 0.29) is 19.0 Å². The molecule has 0 aliphatic heterocycles. The van der Waals surface area contributed by atoms with Crippen LogP contribution in [0.3, 0.4) is 0 Å². The fourth-order valence-corrected chi connectivity index (χ4v) is 1.46. The van der Waals surface area contributed by atoms with Gasteiger partial charge in [0.2, 0.25) is 0 Å². The Balaban J connectivity index is 2.78. The van der Waals surface area contributed by atoms with E-state index in [1.807, 2.05) is 0 Å². The van der Waals surface area contributed by atoms with Crippen LogP contribution >= 0.6 is 0 Å². The molecule has 0 atom stereocenters. The van der Waals surface area contributed by atoms with Crippen LogP contribution in [-0.4, -0.2) is 23.4 Å². The topological polar surface area (TPSA) is 40.5 Å². The molecule has 14 heavy (non-hydrogen) atoms. The maximum atomic E-state index is 12.9. The summed E-state index contributed by atoms with van der Waals surface area (Å²) in [5.74, 6) is -0.277. The first kappa shape index (κ1) is 11.1. The number of aryl methyl sites for hydroxylation is 1. The average Bonchev–Trinajstić information content (AvgIpc) is 2.17. The number of aliphatic hydroxyl groups is 2. The van der Waals surface area contributed by atoms with Gasteiger partial charge in [0.15, 0.2) is 0 Å². The highest BCUT2D eigenvalue weighted by atomic mass is 19.1. The smallest absolute Gasteiger partial charge is 0.123 e. The Morgan fingerprint density at radius 3 is 2.43 bits per heavy atom. The van der Waals surface area contributed by atoms with Crippen molar-refractivity contribution in [1.29, 1.82) is 0 Å². The Hall–Kier alpha value is -0.930. The van der Waals surface area contributed by atoms with Gasteiger partial charge in [0.25, 0.3) is 0 Å². The van der Waals surface area contributed by atoms with Crippen molar-refractivity contribution in [3.8, 4) is 0 Å². The molecule has 1 aromatic carbocycles. The predicted octanol–water partition coefficient (Wildman–Crippen LogP) is 1.29. The molecule has 0 heterocycles. The van der Waals surface area contributed by atoms with Crippen LogP contribution in [0.15, 0.2) is 18.2 Å². The summed E-state index contributed by atoms with van der Waals surface area (Å²) in [6.45, 7) is 0.158. The van der Waals surface area contributed by atoms with Gasteiger partial charge in [-0.25, -0.2) is 4.39 Å². The second kappa shape index (κ2) is 5.73. The van der Waals surface area contributed by atoms with Gasteiger partial charge < -0.3 is 10.2 Å². The van der Waals surface area contributed by atoms with Crippen LogP contribution in [0.1, 0.15) is 17.5 Å². The minimum absolute atomic E-state index is 0.0234. The van der Waals surface area contributed by atoms with Crippen molar-refractivity contribution in [2.24, 2.45) is 0 Å². The van der Waals surface area contributed by atoms with Gasteiger partial charge >= 0.3 is 0 Å². The Morgan fingerprint density at radius 2 is 1.79 bits per heavy atom. The Morgan fingerprint density at radius 1 is 1.00 bits per heavy atom. The van der Waals surface area contributed by atoms with Crippen molar-refractivity contribution in [1.82, 2.24) is 0 Å². The SMILES string of the molecule is OCCCc1ccc(F)cc1CCO. The molecule has 0 aromatic heterocycles. The lowest BCUT2D eigenvalue weighted by Crippen LogP contribution is -2.00. The quantitative estimate of drug-likeness (QED) is 0.748. The summed E-state index contributed by atoms with van der Waals surface area (Å²) >= 11 is 0. The zero-order valence-electron chi connectivity index (χ0n) is 8.04. The Kier molecular flexibility index (Phi) is 4.56. The third-order valence-electron chi connectivity index (χ3n) is 2.15. The summed E-state index contributed by atoms with van der Waals surface area (Å²) in [6, 6.07) is 4.58. The van der Waals surface area contributed by atoms with Crippen LogP contribution < -0.4 is 0 Å². The van der Waals surface area contributed by atoms with Gasteiger partial charge in [0.1, 0.15) is 5.82 Å². The summed E-state index contributed by atoms with van der Waals surface area (Å²) in [7, 11) is 0. The average molecular weight is 198 g/mol. The maximum Gasteiger partial charge on any atom is 0.123 e. The summed E-state index contributed by atoms with van der Waals surface area (Å²) < 4.78 is 12.9. The van der Waals surface area contributed by atoms with E-state index < -0.39 is 0 Å². The van der Waals surface area contributed by atoms with Crippen LogP contribution in [0.5, 0.6) is 0 Å². The van der Waals surface area contributed by atoms with Gasteiger partial charge in [-0.3, -0.25) is 0 Å². The molecule has 3 heteroatoms. The fourth-order valence-electron chi connectivity index (χ4n) is 1.46. The van der Waals surface area contributed by atoms with Gasteiger partial charge in [-0.1, -0.05) is 6.07 Å². The third-order valence-corrected chi connectivity index (χ3v) is 2.15. The molecule has 0 aliphatic rings. The van der Waals surface area contributed by atoms with E-state index in [0.29, 0.717) is 12.8 Å². The molecule has 0 unspecified atom stereocenters. The number of aliphatic hydroxyl groups excluding tert-OH is 2. The second-order valence-corrected chi connectivity index (χ2v) is 3.21. The van der Waals surface area contributed by atoms with E-state index in [9.17, 15) is 4.39 Å². The summed E-state index contributed by atoms with van der Waals surface area (Å²) in [6.07, 6.45) is 1.87. The standard InChI is InChI=1S/C11H15FO2/c12-11-4-3-9(2-1-6-13)10(8-11)5-7-14/h3-4,8,13-14H,1-2,5-7H2. The molecule has 1 rings (SSSR count). The lowest BCUT2D eigenvalue weighted by molar-refractivity contribution is 0.287. The van der Waals surface area contributed by atoms with Gasteiger partial charge in [0.05, 0.1) is 0 Å². The van der Waals surface area contributed by atoms with Gasteiger partial charge in [-0.15, -0.1) is 0 Å². The number of hydrogen-bond donors (Lipinski definition) is 2. The summed E-state index contributed by atoms with van der Waals surface area (Å²) in [4.78, 5) is 0. The molecule has 0 aliphatic carbocycles. The minimum atomic E-state index is -0.277. The predicted molar refractivity (Wildman–Crippen MR) is 52.6 cm³/mol. The lowest BCUT2D eigenvalue weighted by Gasteiger charge is -2.07. The highest BCUT2D eigenvalue weighted by Gasteiger charge is 2.03. The molecule has 78 valence electrons. The monoisotopic (exact) mass is 198 g/mol. The van der Waals surface area contributed by atoms with Crippen molar-refractivity contribution in [2.75, 3.05) is 13.2 Å². The molecular weight excluding hydrogens is 183 g/mol. The van der Waals surface area contributed by atoms with Crippen molar-refractivity contribution in [3.63, 3.8) is 0 Å². The molecule has 0 bridgehead atoms. The van der Waals surface area contributed by atoms with Gasteiger partial charge in [-0.05, 0) is 42.5 Å². The van der Waals surface area contributed by atoms with Crippen LogP contribution in [0.25, 0.3) is 0 Å². The van der Waals surface area contributed by atoms with Crippen molar-refractivity contribution < 1.29 is 14.6 Å². The van der Waals surface area contributed by atoms with Crippen LogP contribution in [0.4, 0.5) is 4.39 Å².